The van der Waals surface area contributed by atoms with E-state index in [0.29, 0.717) is 6.42 Å². The van der Waals surface area contributed by atoms with Crippen LogP contribution in [0.1, 0.15) is 41.2 Å². The van der Waals surface area contributed by atoms with Crippen molar-refractivity contribution >= 4 is 5.78 Å². The molecule has 0 saturated heterocycles. The molecule has 0 unspecified atom stereocenters. The summed E-state index contributed by atoms with van der Waals surface area (Å²) in [5.41, 5.74) is 3.99. The van der Waals surface area contributed by atoms with Crippen LogP contribution in [0.5, 0.6) is 0 Å². The van der Waals surface area contributed by atoms with Crippen molar-refractivity contribution in [2.24, 2.45) is 0 Å². The van der Waals surface area contributed by atoms with Crippen LogP contribution in [0, 0.1) is 6.92 Å². The van der Waals surface area contributed by atoms with Crippen LogP contribution in [0.15, 0.2) is 30.3 Å². The number of carbonyl (C=O) groups excluding carboxylic acids is 1. The molecule has 1 aromatic carbocycles. The Bertz CT molecular complexity index is 567. The lowest BCUT2D eigenvalue weighted by molar-refractivity contribution is 0.0990. The lowest BCUT2D eigenvalue weighted by Crippen LogP contribution is -2.09. The van der Waals surface area contributed by atoms with Crippen LogP contribution >= 0.6 is 0 Å². The Kier molecular flexibility index (Phi) is 4.15. The molecule has 0 aliphatic heterocycles. The number of ketones is 1. The Morgan fingerprint density at radius 3 is 2.47 bits per heavy atom. The molecule has 0 fully saturated rings. The normalized spacial score (nSPS) is 10.7. The van der Waals surface area contributed by atoms with E-state index in [1.54, 1.807) is 0 Å². The third kappa shape index (κ3) is 3.11. The molecular weight excluding hydrogens is 236 g/mol. The average Bonchev–Trinajstić information content (AvgIpc) is 2.81. The van der Waals surface area contributed by atoms with Gasteiger partial charge in [-0.1, -0.05) is 36.8 Å². The van der Waals surface area contributed by atoms with Crippen molar-refractivity contribution in [3.63, 3.8) is 0 Å². The molecule has 0 atom stereocenters. The highest BCUT2D eigenvalue weighted by Crippen LogP contribution is 2.11. The summed E-state index contributed by atoms with van der Waals surface area (Å²) in [6.45, 7) is 6.95. The van der Waals surface area contributed by atoms with Gasteiger partial charge in [-0.25, -0.2) is 0 Å². The Hall–Kier alpha value is -1.90. The van der Waals surface area contributed by atoms with Crippen molar-refractivity contribution in [3.05, 3.63) is 52.8 Å². The number of rotatable bonds is 5. The maximum Gasteiger partial charge on any atom is 0.168 e. The molecule has 1 aromatic heterocycles. The van der Waals surface area contributed by atoms with Crippen LogP contribution in [0.2, 0.25) is 0 Å². The summed E-state index contributed by atoms with van der Waals surface area (Å²) in [6, 6.07) is 9.77. The summed E-state index contributed by atoms with van der Waals surface area (Å²) >= 11 is 0. The Balaban J connectivity index is 2.18. The predicted octanol–water partition coefficient (Wildman–Crippen LogP) is 3.20. The Morgan fingerprint density at radius 2 is 1.89 bits per heavy atom. The van der Waals surface area contributed by atoms with Gasteiger partial charge in [0, 0.05) is 17.8 Å². The fourth-order valence-corrected chi connectivity index (χ4v) is 2.11. The first-order chi connectivity index (χ1) is 9.13. The van der Waals surface area contributed by atoms with Gasteiger partial charge in [-0.3, -0.25) is 9.48 Å². The van der Waals surface area contributed by atoms with E-state index in [0.717, 1.165) is 29.9 Å². The van der Waals surface area contributed by atoms with E-state index >= 15 is 0 Å². The number of Topliss-reactive ketones (excluding diaryl/α,β-unsaturated/α-hetero) is 1. The van der Waals surface area contributed by atoms with Gasteiger partial charge in [-0.2, -0.15) is 5.10 Å². The number of hydrogen-bond acceptors (Lipinski definition) is 2. The third-order valence-electron chi connectivity index (χ3n) is 3.29. The maximum absolute atomic E-state index is 12.3. The lowest BCUT2D eigenvalue weighted by atomic mass is 10.0. The van der Waals surface area contributed by atoms with Crippen molar-refractivity contribution < 1.29 is 4.79 Å². The molecule has 0 amide bonds. The van der Waals surface area contributed by atoms with E-state index < -0.39 is 0 Å². The van der Waals surface area contributed by atoms with Crippen molar-refractivity contribution in [1.29, 1.82) is 0 Å². The second-order valence-corrected chi connectivity index (χ2v) is 4.76. The fraction of sp³-hybridized carbons (Fsp3) is 0.375. The average molecular weight is 256 g/mol. The Morgan fingerprint density at radius 1 is 1.21 bits per heavy atom. The van der Waals surface area contributed by atoms with E-state index in [-0.39, 0.29) is 5.78 Å². The minimum Gasteiger partial charge on any atom is -0.294 e. The summed E-state index contributed by atoms with van der Waals surface area (Å²) in [5.74, 6) is 0.150. The lowest BCUT2D eigenvalue weighted by Gasteiger charge is -2.04. The molecule has 0 aliphatic rings. The molecule has 3 nitrogen and oxygen atoms in total. The second-order valence-electron chi connectivity index (χ2n) is 4.76. The van der Waals surface area contributed by atoms with Gasteiger partial charge in [0.15, 0.2) is 5.78 Å². The third-order valence-corrected chi connectivity index (χ3v) is 3.29. The van der Waals surface area contributed by atoms with Crippen LogP contribution in [0.25, 0.3) is 0 Å². The van der Waals surface area contributed by atoms with Crippen LogP contribution in [-0.2, 0) is 19.4 Å². The number of nitrogens with zero attached hydrogens (tertiary/aromatic N) is 2. The van der Waals surface area contributed by atoms with E-state index in [4.69, 9.17) is 0 Å². The first-order valence-electron chi connectivity index (χ1n) is 6.79. The molecule has 3 heteroatoms. The van der Waals surface area contributed by atoms with E-state index in [1.807, 2.05) is 48.9 Å². The Labute approximate surface area is 114 Å². The largest absolute Gasteiger partial charge is 0.294 e. The van der Waals surface area contributed by atoms with Gasteiger partial charge in [0.2, 0.25) is 0 Å². The van der Waals surface area contributed by atoms with Crippen LogP contribution in [0.3, 0.4) is 0 Å². The molecule has 19 heavy (non-hydrogen) atoms. The molecular formula is C16H20N2O. The monoisotopic (exact) mass is 256 g/mol. The molecule has 2 aromatic rings. The second kappa shape index (κ2) is 5.83. The zero-order chi connectivity index (χ0) is 13.8. The van der Waals surface area contributed by atoms with E-state index in [2.05, 4.69) is 12.0 Å². The van der Waals surface area contributed by atoms with Crippen molar-refractivity contribution in [1.82, 2.24) is 9.78 Å². The summed E-state index contributed by atoms with van der Waals surface area (Å²) in [6.07, 6.45) is 1.32. The topological polar surface area (TPSA) is 34.9 Å². The van der Waals surface area contributed by atoms with Crippen molar-refractivity contribution in [2.45, 2.75) is 40.2 Å². The molecule has 2 rings (SSSR count). The molecule has 100 valence electrons. The van der Waals surface area contributed by atoms with Gasteiger partial charge >= 0.3 is 0 Å². The quantitative estimate of drug-likeness (QED) is 0.770. The number of benzene rings is 1. The smallest absolute Gasteiger partial charge is 0.168 e. The minimum atomic E-state index is 0.150. The molecule has 0 aliphatic carbocycles. The predicted molar refractivity (Wildman–Crippen MR) is 76.5 cm³/mol. The van der Waals surface area contributed by atoms with Gasteiger partial charge in [-0.15, -0.1) is 0 Å². The van der Waals surface area contributed by atoms with Crippen molar-refractivity contribution in [2.75, 3.05) is 0 Å². The van der Waals surface area contributed by atoms with Gasteiger partial charge in [0.1, 0.15) is 0 Å². The summed E-state index contributed by atoms with van der Waals surface area (Å²) in [5, 5.41) is 4.47. The molecule has 0 radical (unpaired) electrons. The number of hydrogen-bond donors (Lipinski definition) is 0. The highest BCUT2D eigenvalue weighted by atomic mass is 16.1. The zero-order valence-corrected chi connectivity index (χ0v) is 11.8. The van der Waals surface area contributed by atoms with Gasteiger partial charge in [0.05, 0.1) is 12.1 Å². The minimum absolute atomic E-state index is 0.150. The molecule has 0 N–H and O–H groups in total. The van der Waals surface area contributed by atoms with Gasteiger partial charge in [0.25, 0.3) is 0 Å². The van der Waals surface area contributed by atoms with E-state index in [1.165, 1.54) is 5.56 Å². The van der Waals surface area contributed by atoms with Gasteiger partial charge < -0.3 is 0 Å². The standard InChI is InChI=1S/C16H20N2O/c1-4-14-10-15(18(5-2)17-14)11-16(19)13-8-6-12(3)7-9-13/h6-10H,4-5,11H2,1-3H3. The SMILES string of the molecule is CCc1cc(CC(=O)c2ccc(C)cc2)n(CC)n1. The summed E-state index contributed by atoms with van der Waals surface area (Å²) in [4.78, 5) is 12.3. The summed E-state index contributed by atoms with van der Waals surface area (Å²) < 4.78 is 1.92. The highest BCUT2D eigenvalue weighted by molar-refractivity contribution is 5.97. The van der Waals surface area contributed by atoms with Crippen molar-refractivity contribution in [3.8, 4) is 0 Å². The molecule has 0 spiro atoms. The highest BCUT2D eigenvalue weighted by Gasteiger charge is 2.12. The van der Waals surface area contributed by atoms with E-state index in [9.17, 15) is 4.79 Å². The zero-order valence-electron chi connectivity index (χ0n) is 11.8. The molecule has 0 saturated carbocycles. The number of carbonyl (C=O) groups is 1. The van der Waals surface area contributed by atoms with Crippen LogP contribution in [-0.4, -0.2) is 15.6 Å². The fourth-order valence-electron chi connectivity index (χ4n) is 2.11. The number of aryl methyl sites for hydroxylation is 3. The number of aromatic nitrogens is 2. The molecule has 1 heterocycles. The first kappa shape index (κ1) is 13.5. The first-order valence-corrected chi connectivity index (χ1v) is 6.79. The van der Waals surface area contributed by atoms with Crippen LogP contribution < -0.4 is 0 Å². The maximum atomic E-state index is 12.3. The van der Waals surface area contributed by atoms with Crippen LogP contribution in [0.4, 0.5) is 0 Å². The van der Waals surface area contributed by atoms with Gasteiger partial charge in [-0.05, 0) is 26.3 Å². The molecule has 0 bridgehead atoms. The summed E-state index contributed by atoms with van der Waals surface area (Å²) in [7, 11) is 0.